The fraction of sp³-hybridized carbons (Fsp3) is 0.375. The number of nitrogens with one attached hydrogen (secondary N) is 1. The Bertz CT molecular complexity index is 745. The summed E-state index contributed by atoms with van der Waals surface area (Å²) in [5.41, 5.74) is 2.50. The van der Waals surface area contributed by atoms with E-state index in [1.165, 1.54) is 6.07 Å². The molecule has 0 atom stereocenters. The van der Waals surface area contributed by atoms with E-state index in [0.717, 1.165) is 17.1 Å². The highest BCUT2D eigenvalue weighted by molar-refractivity contribution is 5.93. The molecule has 2 rings (SSSR count). The molecule has 2 aromatic heterocycles. The monoisotopic (exact) mass is 300 g/mol. The van der Waals surface area contributed by atoms with E-state index in [1.54, 1.807) is 17.8 Å². The lowest BCUT2D eigenvalue weighted by Crippen LogP contribution is -2.31. The first-order chi connectivity index (χ1) is 10.4. The maximum Gasteiger partial charge on any atom is 0.256 e. The highest BCUT2D eigenvalue weighted by Gasteiger charge is 2.11. The predicted octanol–water partition coefficient (Wildman–Crippen LogP) is 1.07. The molecule has 0 saturated carbocycles. The Balaban J connectivity index is 2.01. The average molecular weight is 300 g/mol. The van der Waals surface area contributed by atoms with Gasteiger partial charge in [0.15, 0.2) is 5.43 Å². The molecule has 0 aliphatic carbocycles. The molecule has 1 N–H and O–H groups in total. The smallest absolute Gasteiger partial charge is 0.256 e. The van der Waals surface area contributed by atoms with E-state index in [-0.39, 0.29) is 16.9 Å². The number of amides is 1. The summed E-state index contributed by atoms with van der Waals surface area (Å²) < 4.78 is 1.75. The van der Waals surface area contributed by atoms with E-state index in [1.807, 2.05) is 26.8 Å². The molecular formula is C16H20N4O2. The van der Waals surface area contributed by atoms with Gasteiger partial charge in [-0.25, -0.2) is 9.97 Å². The van der Waals surface area contributed by atoms with Gasteiger partial charge in [0.05, 0.1) is 0 Å². The van der Waals surface area contributed by atoms with Gasteiger partial charge in [0, 0.05) is 49.4 Å². The van der Waals surface area contributed by atoms with Crippen molar-refractivity contribution in [3.05, 3.63) is 57.0 Å². The van der Waals surface area contributed by atoms with E-state index < -0.39 is 0 Å². The number of hydrogen-bond acceptors (Lipinski definition) is 4. The molecule has 0 aliphatic heterocycles. The summed E-state index contributed by atoms with van der Waals surface area (Å²) in [7, 11) is 1.80. The Kier molecular flexibility index (Phi) is 4.70. The van der Waals surface area contributed by atoms with Gasteiger partial charge in [-0.1, -0.05) is 0 Å². The standard InChI is InChI=1S/C16H20N4O2/c1-10-7-11(2)19-15(18-10)5-6-17-16(22)13-9-20(4)12(3)8-14(13)21/h7-9H,5-6H2,1-4H3,(H,17,22). The van der Waals surface area contributed by atoms with Crippen LogP contribution < -0.4 is 10.7 Å². The third-order valence-electron chi connectivity index (χ3n) is 3.39. The number of rotatable bonds is 4. The van der Waals surface area contributed by atoms with Crippen LogP contribution in [0.3, 0.4) is 0 Å². The average Bonchev–Trinajstić information content (AvgIpc) is 2.41. The van der Waals surface area contributed by atoms with Gasteiger partial charge >= 0.3 is 0 Å². The van der Waals surface area contributed by atoms with Crippen LogP contribution in [0.25, 0.3) is 0 Å². The number of nitrogens with zero attached hydrogens (tertiary/aromatic N) is 3. The van der Waals surface area contributed by atoms with Crippen LogP contribution in [0.15, 0.2) is 23.1 Å². The molecule has 0 unspecified atom stereocenters. The molecular weight excluding hydrogens is 280 g/mol. The molecule has 0 spiro atoms. The van der Waals surface area contributed by atoms with E-state index in [4.69, 9.17) is 0 Å². The number of carbonyl (C=O) groups excluding carboxylic acids is 1. The van der Waals surface area contributed by atoms with Crippen molar-refractivity contribution in [3.8, 4) is 0 Å². The first-order valence-corrected chi connectivity index (χ1v) is 7.13. The second-order valence-electron chi connectivity index (χ2n) is 5.38. The predicted molar refractivity (Wildman–Crippen MR) is 84.0 cm³/mol. The Morgan fingerprint density at radius 1 is 1.18 bits per heavy atom. The van der Waals surface area contributed by atoms with Crippen molar-refractivity contribution < 1.29 is 4.79 Å². The van der Waals surface area contributed by atoms with E-state index >= 15 is 0 Å². The molecule has 22 heavy (non-hydrogen) atoms. The zero-order valence-corrected chi connectivity index (χ0v) is 13.3. The number of aryl methyl sites for hydroxylation is 4. The fourth-order valence-electron chi connectivity index (χ4n) is 2.19. The summed E-state index contributed by atoms with van der Waals surface area (Å²) in [6.07, 6.45) is 2.08. The molecule has 6 nitrogen and oxygen atoms in total. The Hall–Kier alpha value is -2.50. The highest BCUT2D eigenvalue weighted by atomic mass is 16.2. The zero-order chi connectivity index (χ0) is 16.3. The molecule has 0 aliphatic rings. The van der Waals surface area contributed by atoms with Crippen LogP contribution >= 0.6 is 0 Å². The highest BCUT2D eigenvalue weighted by Crippen LogP contribution is 2.00. The third-order valence-corrected chi connectivity index (χ3v) is 3.39. The molecule has 1 amide bonds. The Morgan fingerprint density at radius 3 is 2.45 bits per heavy atom. The van der Waals surface area contributed by atoms with Gasteiger partial charge < -0.3 is 9.88 Å². The molecule has 2 aromatic rings. The SMILES string of the molecule is Cc1cc(C)nc(CCNC(=O)c2cn(C)c(C)cc2=O)n1. The van der Waals surface area contributed by atoms with Crippen molar-refractivity contribution in [1.82, 2.24) is 19.9 Å². The van der Waals surface area contributed by atoms with Crippen molar-refractivity contribution in [2.45, 2.75) is 27.2 Å². The van der Waals surface area contributed by atoms with Gasteiger partial charge in [-0.15, -0.1) is 0 Å². The van der Waals surface area contributed by atoms with Gasteiger partial charge in [-0.3, -0.25) is 9.59 Å². The summed E-state index contributed by atoms with van der Waals surface area (Å²) in [6.45, 7) is 6.03. The second-order valence-corrected chi connectivity index (χ2v) is 5.38. The summed E-state index contributed by atoms with van der Waals surface area (Å²) in [5.74, 6) is 0.319. The van der Waals surface area contributed by atoms with Gasteiger partial charge in [-0.2, -0.15) is 0 Å². The topological polar surface area (TPSA) is 76.9 Å². The van der Waals surface area contributed by atoms with E-state index in [0.29, 0.717) is 18.8 Å². The van der Waals surface area contributed by atoms with Crippen LogP contribution in [0.2, 0.25) is 0 Å². The van der Waals surface area contributed by atoms with Crippen molar-refractivity contribution in [1.29, 1.82) is 0 Å². The normalized spacial score (nSPS) is 10.5. The van der Waals surface area contributed by atoms with Crippen molar-refractivity contribution in [3.63, 3.8) is 0 Å². The van der Waals surface area contributed by atoms with Crippen LogP contribution in [0.1, 0.15) is 33.3 Å². The van der Waals surface area contributed by atoms with E-state index in [2.05, 4.69) is 15.3 Å². The first kappa shape index (κ1) is 15.9. The van der Waals surface area contributed by atoms with Gasteiger partial charge in [0.1, 0.15) is 11.4 Å². The fourth-order valence-corrected chi connectivity index (χ4v) is 2.19. The number of pyridine rings is 1. The molecule has 0 radical (unpaired) electrons. The maximum absolute atomic E-state index is 12.1. The summed E-state index contributed by atoms with van der Waals surface area (Å²) in [6, 6.07) is 3.36. The molecule has 0 aromatic carbocycles. The van der Waals surface area contributed by atoms with Crippen molar-refractivity contribution in [2.24, 2.45) is 7.05 Å². The Morgan fingerprint density at radius 2 is 1.82 bits per heavy atom. The number of hydrogen-bond donors (Lipinski definition) is 1. The summed E-state index contributed by atoms with van der Waals surface area (Å²) in [4.78, 5) is 32.6. The van der Waals surface area contributed by atoms with Crippen molar-refractivity contribution >= 4 is 5.91 Å². The van der Waals surface area contributed by atoms with Gasteiger partial charge in [-0.05, 0) is 26.8 Å². The number of carbonyl (C=O) groups is 1. The first-order valence-electron chi connectivity index (χ1n) is 7.13. The molecule has 116 valence electrons. The van der Waals surface area contributed by atoms with Crippen LogP contribution in [-0.4, -0.2) is 27.0 Å². The third kappa shape index (κ3) is 3.78. The van der Waals surface area contributed by atoms with Crippen LogP contribution in [0.4, 0.5) is 0 Å². The molecule has 0 fully saturated rings. The maximum atomic E-state index is 12.1. The molecule has 6 heteroatoms. The largest absolute Gasteiger partial charge is 0.354 e. The minimum atomic E-state index is -0.370. The van der Waals surface area contributed by atoms with Gasteiger partial charge in [0.25, 0.3) is 5.91 Å². The Labute approximate surface area is 129 Å². The summed E-state index contributed by atoms with van der Waals surface area (Å²) >= 11 is 0. The van der Waals surface area contributed by atoms with Gasteiger partial charge in [0.2, 0.25) is 0 Å². The number of aromatic nitrogens is 3. The minimum absolute atomic E-state index is 0.148. The van der Waals surface area contributed by atoms with Crippen LogP contribution in [0, 0.1) is 20.8 Å². The zero-order valence-electron chi connectivity index (χ0n) is 13.3. The second kappa shape index (κ2) is 6.51. The van der Waals surface area contributed by atoms with Crippen LogP contribution in [0.5, 0.6) is 0 Å². The molecule has 2 heterocycles. The minimum Gasteiger partial charge on any atom is -0.354 e. The summed E-state index contributed by atoms with van der Waals surface area (Å²) in [5, 5.41) is 2.74. The van der Waals surface area contributed by atoms with Crippen molar-refractivity contribution in [2.75, 3.05) is 6.54 Å². The van der Waals surface area contributed by atoms with E-state index in [9.17, 15) is 9.59 Å². The quantitative estimate of drug-likeness (QED) is 0.916. The van der Waals surface area contributed by atoms with Crippen LogP contribution in [-0.2, 0) is 13.5 Å². The lowest BCUT2D eigenvalue weighted by Gasteiger charge is -2.08. The lowest BCUT2D eigenvalue weighted by molar-refractivity contribution is 0.0952. The lowest BCUT2D eigenvalue weighted by atomic mass is 10.2. The molecule has 0 saturated heterocycles. The molecule has 0 bridgehead atoms.